The highest BCUT2D eigenvalue weighted by Crippen LogP contribution is 2.64. The van der Waals surface area contributed by atoms with E-state index in [0.29, 0.717) is 0 Å². The highest BCUT2D eigenvalue weighted by Gasteiger charge is 2.95. The minimum Gasteiger partial charge on any atom is -0.316 e. The third-order valence-corrected chi connectivity index (χ3v) is 5.70. The lowest BCUT2D eigenvalue weighted by Crippen LogP contribution is -2.73. The summed E-state index contributed by atoms with van der Waals surface area (Å²) in [6, 6.07) is 0. The standard InChI is InChI=1S/C17H4F32O2/c18-2(4(20,21)6(24,25)8(28,29)10(32,33)12(36,37)14(40,41)16(44,45)46)50-1-51-3(19)5(22,23)7(26,27)9(30,31)11(34,35)13(38,39)15(42,43)17(47,48)49/h2-3H,1H2. The molecule has 0 aromatic heterocycles. The summed E-state index contributed by atoms with van der Waals surface area (Å²) in [5.74, 6) is -105. The maximum absolute atomic E-state index is 13.5. The van der Waals surface area contributed by atoms with Crippen molar-refractivity contribution in [2.24, 2.45) is 0 Å². The van der Waals surface area contributed by atoms with E-state index in [1.165, 1.54) is 0 Å². The monoisotopic (exact) mass is 848 g/mol. The number of halogens is 32. The smallest absolute Gasteiger partial charge is 0.316 e. The molecule has 0 heterocycles. The van der Waals surface area contributed by atoms with Crippen LogP contribution in [0.2, 0.25) is 0 Å². The number of hydrogen-bond acceptors (Lipinski definition) is 2. The number of alkyl halides is 32. The van der Waals surface area contributed by atoms with Crippen molar-refractivity contribution in [2.75, 3.05) is 6.79 Å². The van der Waals surface area contributed by atoms with E-state index in [1.54, 1.807) is 0 Å². The number of rotatable bonds is 16. The molecule has 0 bridgehead atoms. The van der Waals surface area contributed by atoms with Crippen LogP contribution in [-0.2, 0) is 9.47 Å². The van der Waals surface area contributed by atoms with Crippen molar-refractivity contribution in [3.63, 3.8) is 0 Å². The normalized spacial score (nSPS) is 17.9. The molecule has 0 radical (unpaired) electrons. The Morgan fingerprint density at radius 1 is 0.255 bits per heavy atom. The molecule has 0 aliphatic carbocycles. The van der Waals surface area contributed by atoms with E-state index < -0.39 is 103 Å². The molecule has 0 saturated carbocycles. The lowest BCUT2D eigenvalue weighted by Gasteiger charge is -2.42. The minimum atomic E-state index is -9.06. The van der Waals surface area contributed by atoms with Crippen LogP contribution in [0.3, 0.4) is 0 Å². The van der Waals surface area contributed by atoms with Crippen molar-refractivity contribution < 1.29 is 150 Å². The van der Waals surface area contributed by atoms with E-state index in [2.05, 4.69) is 9.47 Å². The van der Waals surface area contributed by atoms with Crippen molar-refractivity contribution in [3.8, 4) is 0 Å². The lowest BCUT2D eigenvalue weighted by atomic mass is 9.91. The van der Waals surface area contributed by atoms with Gasteiger partial charge in [-0.1, -0.05) is 0 Å². The molecule has 308 valence electrons. The topological polar surface area (TPSA) is 18.5 Å². The minimum absolute atomic E-state index is 2.27. The van der Waals surface area contributed by atoms with Crippen LogP contribution in [0.25, 0.3) is 0 Å². The van der Waals surface area contributed by atoms with Crippen LogP contribution < -0.4 is 0 Å². The Labute approximate surface area is 254 Å². The van der Waals surface area contributed by atoms with E-state index in [9.17, 15) is 140 Å². The molecule has 0 aromatic rings. The van der Waals surface area contributed by atoms with Gasteiger partial charge >= 0.3 is 83.4 Å². The molecule has 0 saturated heterocycles. The third-order valence-electron chi connectivity index (χ3n) is 5.70. The first-order valence-corrected chi connectivity index (χ1v) is 10.7. The maximum atomic E-state index is 13.5. The van der Waals surface area contributed by atoms with Gasteiger partial charge in [-0.2, -0.15) is 132 Å². The zero-order chi connectivity index (χ0) is 42.3. The van der Waals surface area contributed by atoms with Crippen LogP contribution in [0, 0.1) is 0 Å². The van der Waals surface area contributed by atoms with Gasteiger partial charge in [-0.05, 0) is 0 Å². The molecule has 0 N–H and O–H groups in total. The second-order valence-electron chi connectivity index (χ2n) is 9.07. The molecule has 2 nitrogen and oxygen atoms in total. The zero-order valence-electron chi connectivity index (χ0n) is 21.8. The molecule has 0 amide bonds. The van der Waals surface area contributed by atoms with Crippen molar-refractivity contribution in [2.45, 2.75) is 96.1 Å². The lowest BCUT2D eigenvalue weighted by molar-refractivity contribution is -0.463. The fourth-order valence-electron chi connectivity index (χ4n) is 2.61. The molecule has 0 rings (SSSR count). The van der Waals surface area contributed by atoms with Crippen molar-refractivity contribution >= 4 is 0 Å². The first kappa shape index (κ1) is 48.7. The Morgan fingerprint density at radius 3 is 0.588 bits per heavy atom. The Hall–Kier alpha value is -2.32. The largest absolute Gasteiger partial charge is 0.460 e. The van der Waals surface area contributed by atoms with Gasteiger partial charge < -0.3 is 9.47 Å². The van der Waals surface area contributed by atoms with E-state index in [1.807, 2.05) is 0 Å². The van der Waals surface area contributed by atoms with Gasteiger partial charge in [0.05, 0.1) is 0 Å². The zero-order valence-corrected chi connectivity index (χ0v) is 21.8. The number of hydrogen-bond donors (Lipinski definition) is 0. The first-order chi connectivity index (χ1) is 21.5. The van der Waals surface area contributed by atoms with Crippen molar-refractivity contribution in [3.05, 3.63) is 0 Å². The van der Waals surface area contributed by atoms with Gasteiger partial charge in [0.25, 0.3) is 12.7 Å². The Balaban J connectivity index is 6.43. The molecule has 0 aliphatic heterocycles. The summed E-state index contributed by atoms with van der Waals surface area (Å²) in [5.41, 5.74) is 0. The Bertz CT molecular complexity index is 1120. The highest BCUT2D eigenvalue weighted by molar-refractivity contribution is 5.15. The van der Waals surface area contributed by atoms with Gasteiger partial charge in [-0.25, -0.2) is 8.78 Å². The molecular weight excluding hydrogens is 844 g/mol. The van der Waals surface area contributed by atoms with Crippen LogP contribution >= 0.6 is 0 Å². The van der Waals surface area contributed by atoms with Gasteiger partial charge in [0.15, 0.2) is 6.79 Å². The van der Waals surface area contributed by atoms with Gasteiger partial charge in [-0.15, -0.1) is 0 Å². The first-order valence-electron chi connectivity index (χ1n) is 10.7. The molecule has 0 spiro atoms. The van der Waals surface area contributed by atoms with Crippen molar-refractivity contribution in [1.82, 2.24) is 0 Å². The highest BCUT2D eigenvalue weighted by atomic mass is 19.4. The molecule has 0 fully saturated rings. The van der Waals surface area contributed by atoms with Gasteiger partial charge in [0.1, 0.15) is 0 Å². The van der Waals surface area contributed by atoms with Gasteiger partial charge in [0.2, 0.25) is 0 Å². The van der Waals surface area contributed by atoms with Crippen LogP contribution in [0.4, 0.5) is 140 Å². The van der Waals surface area contributed by atoms with E-state index in [4.69, 9.17) is 0 Å². The van der Waals surface area contributed by atoms with Crippen LogP contribution in [-0.4, -0.2) is 103 Å². The molecule has 34 heteroatoms. The molecule has 0 aromatic carbocycles. The van der Waals surface area contributed by atoms with Crippen LogP contribution in [0.5, 0.6) is 0 Å². The summed E-state index contributed by atoms with van der Waals surface area (Å²) in [5, 5.41) is 0. The molecule has 51 heavy (non-hydrogen) atoms. The summed E-state index contributed by atoms with van der Waals surface area (Å²) in [4.78, 5) is 0. The SMILES string of the molecule is FC(OCOC(F)C(F)(F)C(F)(F)C(F)(F)C(F)(F)C(F)(F)C(F)(F)C(F)(F)F)C(F)(F)C(F)(F)C(F)(F)C(F)(F)C(F)(F)C(F)(F)C(F)(F)F. The van der Waals surface area contributed by atoms with Crippen LogP contribution in [0.15, 0.2) is 0 Å². The van der Waals surface area contributed by atoms with Crippen molar-refractivity contribution in [1.29, 1.82) is 0 Å². The fourth-order valence-corrected chi connectivity index (χ4v) is 2.61. The fraction of sp³-hybridized carbons (Fsp3) is 1.00. The molecule has 2 unspecified atom stereocenters. The second kappa shape index (κ2) is 12.6. The Kier molecular flexibility index (Phi) is 12.1. The molecule has 2 atom stereocenters. The predicted octanol–water partition coefficient (Wildman–Crippen LogP) is 10.3. The van der Waals surface area contributed by atoms with Gasteiger partial charge in [0, 0.05) is 0 Å². The third kappa shape index (κ3) is 6.50. The summed E-state index contributed by atoms with van der Waals surface area (Å²) >= 11 is 0. The molecule has 0 aliphatic rings. The summed E-state index contributed by atoms with van der Waals surface area (Å²) in [6.45, 7) is -3.78. The summed E-state index contributed by atoms with van der Waals surface area (Å²) < 4.78 is 422. The summed E-state index contributed by atoms with van der Waals surface area (Å²) in [6.07, 6.45) is -28.6. The predicted molar refractivity (Wildman–Crippen MR) is 88.3 cm³/mol. The van der Waals surface area contributed by atoms with Gasteiger partial charge in [-0.3, -0.25) is 0 Å². The van der Waals surface area contributed by atoms with Crippen LogP contribution in [0.1, 0.15) is 0 Å². The molecular formula is C17H4F32O2. The summed E-state index contributed by atoms with van der Waals surface area (Å²) in [7, 11) is 0. The van der Waals surface area contributed by atoms with E-state index in [-0.39, 0.29) is 0 Å². The quantitative estimate of drug-likeness (QED) is 0.114. The second-order valence-corrected chi connectivity index (χ2v) is 9.07. The average molecular weight is 848 g/mol. The number of ether oxygens (including phenoxy) is 2. The van der Waals surface area contributed by atoms with E-state index in [0.717, 1.165) is 0 Å². The Morgan fingerprint density at radius 2 is 0.412 bits per heavy atom. The van der Waals surface area contributed by atoms with E-state index >= 15 is 0 Å². The maximum Gasteiger partial charge on any atom is 0.460 e. The average Bonchev–Trinajstić information content (AvgIpc) is 2.90.